The summed E-state index contributed by atoms with van der Waals surface area (Å²) in [6.07, 6.45) is 2.48. The number of halogens is 1. The Kier molecular flexibility index (Phi) is 3.57. The standard InChI is InChI=1S/C12H14FN5/c13-9-1-3-11(4-2-9)18-8-6-10(17-18)5-7-16-12(14)15/h1-4,6,8H,5,7H2,(H4,14,15,16). The van der Waals surface area contributed by atoms with E-state index in [0.29, 0.717) is 13.0 Å². The molecule has 0 aliphatic carbocycles. The van der Waals surface area contributed by atoms with Crippen molar-refractivity contribution in [2.24, 2.45) is 16.5 Å². The Bertz CT molecular complexity index is 540. The van der Waals surface area contributed by atoms with E-state index in [1.807, 2.05) is 12.3 Å². The van der Waals surface area contributed by atoms with Crippen LogP contribution in [0.3, 0.4) is 0 Å². The topological polar surface area (TPSA) is 82.2 Å². The van der Waals surface area contributed by atoms with Crippen molar-refractivity contribution >= 4 is 5.96 Å². The first-order valence-electron chi connectivity index (χ1n) is 5.51. The first-order valence-corrected chi connectivity index (χ1v) is 5.51. The number of aliphatic imine (C=N–C) groups is 1. The van der Waals surface area contributed by atoms with Crippen molar-refractivity contribution in [1.29, 1.82) is 0 Å². The van der Waals surface area contributed by atoms with Crippen LogP contribution in [0.4, 0.5) is 4.39 Å². The monoisotopic (exact) mass is 247 g/mol. The van der Waals surface area contributed by atoms with E-state index in [4.69, 9.17) is 11.5 Å². The molecule has 0 amide bonds. The fourth-order valence-corrected chi connectivity index (χ4v) is 1.53. The maximum Gasteiger partial charge on any atom is 0.185 e. The van der Waals surface area contributed by atoms with Crippen LogP contribution >= 0.6 is 0 Å². The van der Waals surface area contributed by atoms with Gasteiger partial charge in [-0.3, -0.25) is 4.99 Å². The molecule has 0 radical (unpaired) electrons. The van der Waals surface area contributed by atoms with Gasteiger partial charge >= 0.3 is 0 Å². The molecule has 0 saturated carbocycles. The first kappa shape index (κ1) is 12.1. The maximum absolute atomic E-state index is 12.8. The van der Waals surface area contributed by atoms with E-state index in [2.05, 4.69) is 10.1 Å². The summed E-state index contributed by atoms with van der Waals surface area (Å²) in [4.78, 5) is 3.89. The van der Waals surface area contributed by atoms with Crippen LogP contribution in [0, 0.1) is 5.82 Å². The first-order chi connectivity index (χ1) is 8.65. The minimum atomic E-state index is -0.265. The Morgan fingerprint density at radius 1 is 1.22 bits per heavy atom. The fourth-order valence-electron chi connectivity index (χ4n) is 1.53. The van der Waals surface area contributed by atoms with Crippen LogP contribution in [-0.4, -0.2) is 22.3 Å². The summed E-state index contributed by atoms with van der Waals surface area (Å²) in [7, 11) is 0. The number of hydrogen-bond donors (Lipinski definition) is 2. The molecule has 0 bridgehead atoms. The summed E-state index contributed by atoms with van der Waals surface area (Å²) in [5.41, 5.74) is 12.2. The molecule has 2 aromatic rings. The maximum atomic E-state index is 12.8. The molecule has 4 N–H and O–H groups in total. The Morgan fingerprint density at radius 2 is 1.94 bits per heavy atom. The third kappa shape index (κ3) is 3.07. The van der Waals surface area contributed by atoms with Crippen LogP contribution < -0.4 is 11.5 Å². The molecule has 6 heteroatoms. The lowest BCUT2D eigenvalue weighted by molar-refractivity contribution is 0.627. The highest BCUT2D eigenvalue weighted by atomic mass is 19.1. The summed E-state index contributed by atoms with van der Waals surface area (Å²) in [5.74, 6) is -0.188. The van der Waals surface area contributed by atoms with E-state index in [0.717, 1.165) is 11.4 Å². The molecular formula is C12H14FN5. The SMILES string of the molecule is NC(N)=NCCc1ccn(-c2ccc(F)cc2)n1. The lowest BCUT2D eigenvalue weighted by Crippen LogP contribution is -2.23. The highest BCUT2D eigenvalue weighted by molar-refractivity contribution is 5.75. The molecule has 0 spiro atoms. The van der Waals surface area contributed by atoms with Crippen LogP contribution in [0.15, 0.2) is 41.5 Å². The second-order valence-electron chi connectivity index (χ2n) is 3.78. The summed E-state index contributed by atoms with van der Waals surface area (Å²) < 4.78 is 14.5. The van der Waals surface area contributed by atoms with Gasteiger partial charge < -0.3 is 11.5 Å². The van der Waals surface area contributed by atoms with Gasteiger partial charge in [0.05, 0.1) is 11.4 Å². The van der Waals surface area contributed by atoms with Gasteiger partial charge in [0.2, 0.25) is 0 Å². The van der Waals surface area contributed by atoms with Gasteiger partial charge in [0.25, 0.3) is 0 Å². The van der Waals surface area contributed by atoms with Crippen LogP contribution in [0.2, 0.25) is 0 Å². The molecule has 1 aromatic heterocycles. The third-order valence-corrected chi connectivity index (χ3v) is 2.40. The molecule has 0 fully saturated rings. The summed E-state index contributed by atoms with van der Waals surface area (Å²) in [5, 5.41) is 4.35. The van der Waals surface area contributed by atoms with Crippen molar-refractivity contribution in [3.63, 3.8) is 0 Å². The second kappa shape index (κ2) is 5.31. The van der Waals surface area contributed by atoms with Crippen LogP contribution in [0.5, 0.6) is 0 Å². The zero-order valence-corrected chi connectivity index (χ0v) is 9.75. The molecule has 0 aliphatic heterocycles. The Balaban J connectivity index is 2.06. The predicted octanol–water partition coefficient (Wildman–Crippen LogP) is 0.827. The minimum absolute atomic E-state index is 0.0768. The zero-order valence-electron chi connectivity index (χ0n) is 9.75. The number of nitrogens with zero attached hydrogens (tertiary/aromatic N) is 3. The summed E-state index contributed by atoms with van der Waals surface area (Å²) >= 11 is 0. The molecule has 1 aromatic carbocycles. The van der Waals surface area contributed by atoms with Crippen molar-refractivity contribution in [3.05, 3.63) is 48.0 Å². The van der Waals surface area contributed by atoms with Crippen molar-refractivity contribution < 1.29 is 4.39 Å². The Morgan fingerprint density at radius 3 is 2.61 bits per heavy atom. The summed E-state index contributed by atoms with van der Waals surface area (Å²) in [6, 6.07) is 8.02. The van der Waals surface area contributed by atoms with Gasteiger partial charge in [-0.05, 0) is 30.3 Å². The molecule has 0 atom stereocenters. The predicted molar refractivity (Wildman–Crippen MR) is 67.9 cm³/mol. The van der Waals surface area contributed by atoms with Gasteiger partial charge in [0.1, 0.15) is 5.82 Å². The highest BCUT2D eigenvalue weighted by Crippen LogP contribution is 2.09. The normalized spacial score (nSPS) is 10.3. The van der Waals surface area contributed by atoms with E-state index in [9.17, 15) is 4.39 Å². The molecule has 18 heavy (non-hydrogen) atoms. The Hall–Kier alpha value is -2.37. The molecular weight excluding hydrogens is 233 g/mol. The molecule has 0 aliphatic rings. The van der Waals surface area contributed by atoms with Gasteiger partial charge in [-0.2, -0.15) is 5.10 Å². The van der Waals surface area contributed by atoms with Gasteiger partial charge in [0.15, 0.2) is 5.96 Å². The molecule has 2 rings (SSSR count). The highest BCUT2D eigenvalue weighted by Gasteiger charge is 2.01. The van der Waals surface area contributed by atoms with Crippen LogP contribution in [-0.2, 0) is 6.42 Å². The summed E-state index contributed by atoms with van der Waals surface area (Å²) in [6.45, 7) is 0.503. The van der Waals surface area contributed by atoms with Gasteiger partial charge in [-0.15, -0.1) is 0 Å². The average molecular weight is 247 g/mol. The minimum Gasteiger partial charge on any atom is -0.370 e. The van der Waals surface area contributed by atoms with Gasteiger partial charge in [-0.25, -0.2) is 9.07 Å². The largest absolute Gasteiger partial charge is 0.370 e. The molecule has 1 heterocycles. The van der Waals surface area contributed by atoms with Gasteiger partial charge in [0, 0.05) is 19.2 Å². The number of hydrogen-bond acceptors (Lipinski definition) is 2. The van der Waals surface area contributed by atoms with Crippen molar-refractivity contribution in [3.8, 4) is 5.69 Å². The third-order valence-electron chi connectivity index (χ3n) is 2.40. The van der Waals surface area contributed by atoms with E-state index in [-0.39, 0.29) is 11.8 Å². The molecule has 0 unspecified atom stereocenters. The van der Waals surface area contributed by atoms with E-state index >= 15 is 0 Å². The molecule has 0 saturated heterocycles. The smallest absolute Gasteiger partial charge is 0.185 e. The van der Waals surface area contributed by atoms with E-state index < -0.39 is 0 Å². The lowest BCUT2D eigenvalue weighted by Gasteiger charge is -2.00. The Labute approximate surface area is 104 Å². The van der Waals surface area contributed by atoms with E-state index in [1.54, 1.807) is 16.8 Å². The quantitative estimate of drug-likeness (QED) is 0.620. The molecule has 5 nitrogen and oxygen atoms in total. The number of nitrogens with two attached hydrogens (primary N) is 2. The van der Waals surface area contributed by atoms with Crippen molar-refractivity contribution in [1.82, 2.24) is 9.78 Å². The van der Waals surface area contributed by atoms with Gasteiger partial charge in [-0.1, -0.05) is 0 Å². The van der Waals surface area contributed by atoms with Crippen LogP contribution in [0.25, 0.3) is 5.69 Å². The number of benzene rings is 1. The lowest BCUT2D eigenvalue weighted by atomic mass is 10.3. The van der Waals surface area contributed by atoms with Crippen molar-refractivity contribution in [2.75, 3.05) is 6.54 Å². The zero-order chi connectivity index (χ0) is 13.0. The number of aromatic nitrogens is 2. The van der Waals surface area contributed by atoms with Crippen molar-refractivity contribution in [2.45, 2.75) is 6.42 Å². The number of guanidine groups is 1. The fraction of sp³-hybridized carbons (Fsp3) is 0.167. The molecule has 94 valence electrons. The van der Waals surface area contributed by atoms with E-state index in [1.165, 1.54) is 12.1 Å². The van der Waals surface area contributed by atoms with Crippen LogP contribution in [0.1, 0.15) is 5.69 Å². The average Bonchev–Trinajstić information content (AvgIpc) is 2.78. The second-order valence-corrected chi connectivity index (χ2v) is 3.78. The number of rotatable bonds is 4.